The Labute approximate surface area is 85.3 Å². The van der Waals surface area contributed by atoms with Crippen LogP contribution in [0.4, 0.5) is 0 Å². The fraction of sp³-hybridized carbons (Fsp3) is 0.333. The summed E-state index contributed by atoms with van der Waals surface area (Å²) in [5.41, 5.74) is 7.16. The maximum absolute atomic E-state index is 9.59. The van der Waals surface area contributed by atoms with Gasteiger partial charge in [0.05, 0.1) is 17.1 Å². The molecule has 13 heavy (non-hydrogen) atoms. The quantitative estimate of drug-likeness (QED) is 0.739. The van der Waals surface area contributed by atoms with Crippen molar-refractivity contribution in [2.75, 3.05) is 6.61 Å². The van der Waals surface area contributed by atoms with E-state index < -0.39 is 6.04 Å². The summed E-state index contributed by atoms with van der Waals surface area (Å²) in [5, 5.41) is 18.4. The van der Waals surface area contributed by atoms with Crippen LogP contribution < -0.4 is 5.73 Å². The largest absolute Gasteiger partial charge is 0.506 e. The van der Waals surface area contributed by atoms with E-state index in [0.29, 0.717) is 10.0 Å². The van der Waals surface area contributed by atoms with Crippen LogP contribution in [-0.2, 0) is 0 Å². The summed E-state index contributed by atoms with van der Waals surface area (Å²) in [6.07, 6.45) is 0. The minimum absolute atomic E-state index is 0.104. The topological polar surface area (TPSA) is 66.5 Å². The molecule has 0 aromatic heterocycles. The number of benzene rings is 1. The molecule has 0 aliphatic carbocycles. The van der Waals surface area contributed by atoms with Crippen molar-refractivity contribution in [1.29, 1.82) is 0 Å². The van der Waals surface area contributed by atoms with E-state index in [2.05, 4.69) is 15.9 Å². The highest BCUT2D eigenvalue weighted by Crippen LogP contribution is 2.32. The van der Waals surface area contributed by atoms with Gasteiger partial charge in [0, 0.05) is 5.56 Å². The third-order valence-corrected chi connectivity index (χ3v) is 2.44. The van der Waals surface area contributed by atoms with Crippen LogP contribution in [0.3, 0.4) is 0 Å². The second-order valence-corrected chi connectivity index (χ2v) is 3.83. The molecule has 0 saturated carbocycles. The van der Waals surface area contributed by atoms with Crippen LogP contribution in [0.2, 0.25) is 0 Å². The average Bonchev–Trinajstić information content (AvgIpc) is 2.10. The lowest BCUT2D eigenvalue weighted by atomic mass is 10.0. The van der Waals surface area contributed by atoms with Crippen LogP contribution in [0.5, 0.6) is 5.75 Å². The fourth-order valence-electron chi connectivity index (χ4n) is 1.14. The lowest BCUT2D eigenvalue weighted by Crippen LogP contribution is -2.14. The summed E-state index contributed by atoms with van der Waals surface area (Å²) in [6.45, 7) is 1.72. The molecule has 1 atom stereocenters. The number of aliphatic hydroxyl groups is 1. The number of aromatic hydroxyl groups is 1. The highest BCUT2D eigenvalue weighted by Gasteiger charge is 2.12. The van der Waals surface area contributed by atoms with E-state index in [1.807, 2.05) is 6.92 Å². The van der Waals surface area contributed by atoms with Crippen molar-refractivity contribution < 1.29 is 10.2 Å². The first kappa shape index (κ1) is 10.5. The van der Waals surface area contributed by atoms with E-state index in [9.17, 15) is 5.11 Å². The molecule has 0 amide bonds. The first-order chi connectivity index (χ1) is 6.06. The molecular formula is C9H12BrNO2. The summed E-state index contributed by atoms with van der Waals surface area (Å²) in [5.74, 6) is 0.104. The number of phenolic OH excluding ortho intramolecular Hbond substituents is 1. The Bertz CT molecular complexity index is 315. The number of aryl methyl sites for hydroxylation is 1. The van der Waals surface area contributed by atoms with Crippen molar-refractivity contribution in [1.82, 2.24) is 0 Å². The number of aliphatic hydroxyl groups excluding tert-OH is 1. The summed E-state index contributed by atoms with van der Waals surface area (Å²) in [7, 11) is 0. The van der Waals surface area contributed by atoms with Crippen molar-refractivity contribution >= 4 is 15.9 Å². The highest BCUT2D eigenvalue weighted by atomic mass is 79.9. The molecular weight excluding hydrogens is 234 g/mol. The molecule has 0 unspecified atom stereocenters. The molecule has 4 heteroatoms. The smallest absolute Gasteiger partial charge is 0.134 e. The van der Waals surface area contributed by atoms with Crippen molar-refractivity contribution in [3.05, 3.63) is 27.7 Å². The van der Waals surface area contributed by atoms with Gasteiger partial charge in [-0.25, -0.2) is 0 Å². The lowest BCUT2D eigenvalue weighted by Gasteiger charge is -2.12. The molecule has 1 aromatic carbocycles. The molecule has 0 bridgehead atoms. The molecule has 0 heterocycles. The number of hydrogen-bond acceptors (Lipinski definition) is 3. The number of phenols is 1. The van der Waals surface area contributed by atoms with Crippen LogP contribution >= 0.6 is 15.9 Å². The van der Waals surface area contributed by atoms with Gasteiger partial charge in [0.15, 0.2) is 0 Å². The van der Waals surface area contributed by atoms with E-state index in [1.54, 1.807) is 12.1 Å². The second-order valence-electron chi connectivity index (χ2n) is 2.97. The Hall–Kier alpha value is -0.580. The molecule has 0 aliphatic rings. The van der Waals surface area contributed by atoms with Gasteiger partial charge in [-0.1, -0.05) is 6.07 Å². The molecule has 0 aliphatic heterocycles. The van der Waals surface area contributed by atoms with Crippen LogP contribution in [0.1, 0.15) is 17.2 Å². The van der Waals surface area contributed by atoms with Gasteiger partial charge in [-0.2, -0.15) is 0 Å². The van der Waals surface area contributed by atoms with Crippen LogP contribution in [-0.4, -0.2) is 16.8 Å². The molecule has 4 N–H and O–H groups in total. The van der Waals surface area contributed by atoms with Gasteiger partial charge in [0.2, 0.25) is 0 Å². The third-order valence-electron chi connectivity index (χ3n) is 1.83. The van der Waals surface area contributed by atoms with Gasteiger partial charge < -0.3 is 15.9 Å². The number of nitrogens with two attached hydrogens (primary N) is 1. The van der Waals surface area contributed by atoms with Crippen molar-refractivity contribution in [3.63, 3.8) is 0 Å². The minimum Gasteiger partial charge on any atom is -0.506 e. The predicted molar refractivity (Wildman–Crippen MR) is 54.6 cm³/mol. The monoisotopic (exact) mass is 245 g/mol. The molecule has 0 radical (unpaired) electrons. The van der Waals surface area contributed by atoms with Crippen molar-refractivity contribution in [3.8, 4) is 5.75 Å². The summed E-state index contributed by atoms with van der Waals surface area (Å²) in [6, 6.07) is 3.03. The zero-order valence-electron chi connectivity index (χ0n) is 7.29. The standard InChI is InChI=1S/C9H12BrNO2/c1-5-2-6(8(11)4-12)9(13)7(10)3-5/h2-3,8,12-13H,4,11H2,1H3/t8-/m0/s1. The molecule has 1 rings (SSSR count). The van der Waals surface area contributed by atoms with Crippen LogP contribution in [0.25, 0.3) is 0 Å². The zero-order chi connectivity index (χ0) is 10.0. The second kappa shape index (κ2) is 4.09. The van der Waals surface area contributed by atoms with Crippen LogP contribution in [0.15, 0.2) is 16.6 Å². The summed E-state index contributed by atoms with van der Waals surface area (Å²) >= 11 is 3.21. The molecule has 0 saturated heterocycles. The van der Waals surface area contributed by atoms with Gasteiger partial charge in [-0.05, 0) is 34.5 Å². The van der Waals surface area contributed by atoms with E-state index in [0.717, 1.165) is 5.56 Å². The van der Waals surface area contributed by atoms with E-state index in [4.69, 9.17) is 10.8 Å². The minimum atomic E-state index is -0.531. The lowest BCUT2D eigenvalue weighted by molar-refractivity contribution is 0.265. The Balaban J connectivity index is 3.20. The first-order valence-electron chi connectivity index (χ1n) is 3.91. The summed E-state index contributed by atoms with van der Waals surface area (Å²) in [4.78, 5) is 0. The predicted octanol–water partition coefficient (Wildman–Crippen LogP) is 1.46. The Morgan fingerprint density at radius 3 is 2.69 bits per heavy atom. The average molecular weight is 246 g/mol. The third kappa shape index (κ3) is 2.21. The molecule has 0 spiro atoms. The molecule has 1 aromatic rings. The Morgan fingerprint density at radius 2 is 2.15 bits per heavy atom. The summed E-state index contributed by atoms with van der Waals surface area (Å²) < 4.78 is 0.603. The van der Waals surface area contributed by atoms with Gasteiger partial charge in [-0.3, -0.25) is 0 Å². The van der Waals surface area contributed by atoms with Gasteiger partial charge in [-0.15, -0.1) is 0 Å². The van der Waals surface area contributed by atoms with Gasteiger partial charge in [0.1, 0.15) is 5.75 Å². The van der Waals surface area contributed by atoms with E-state index in [-0.39, 0.29) is 12.4 Å². The van der Waals surface area contributed by atoms with Crippen molar-refractivity contribution in [2.45, 2.75) is 13.0 Å². The molecule has 3 nitrogen and oxygen atoms in total. The highest BCUT2D eigenvalue weighted by molar-refractivity contribution is 9.10. The van der Waals surface area contributed by atoms with Crippen molar-refractivity contribution in [2.24, 2.45) is 5.73 Å². The number of rotatable bonds is 2. The SMILES string of the molecule is Cc1cc(Br)c(O)c([C@@H](N)CO)c1. The zero-order valence-corrected chi connectivity index (χ0v) is 8.87. The molecule has 0 fully saturated rings. The van der Waals surface area contributed by atoms with E-state index in [1.165, 1.54) is 0 Å². The Kier molecular flexibility index (Phi) is 3.30. The van der Waals surface area contributed by atoms with Gasteiger partial charge >= 0.3 is 0 Å². The fourth-order valence-corrected chi connectivity index (χ4v) is 1.73. The van der Waals surface area contributed by atoms with E-state index >= 15 is 0 Å². The normalized spacial score (nSPS) is 12.9. The number of halogens is 1. The Morgan fingerprint density at radius 1 is 1.54 bits per heavy atom. The van der Waals surface area contributed by atoms with Gasteiger partial charge in [0.25, 0.3) is 0 Å². The number of hydrogen-bond donors (Lipinski definition) is 3. The maximum Gasteiger partial charge on any atom is 0.134 e. The molecule has 72 valence electrons. The van der Waals surface area contributed by atoms with Crippen LogP contribution in [0, 0.1) is 6.92 Å². The first-order valence-corrected chi connectivity index (χ1v) is 4.71. The maximum atomic E-state index is 9.59.